The topological polar surface area (TPSA) is 60.8 Å². The SMILES string of the molecule is O=C(O)c1cccc(F)c1N1CCC(CCO)C1. The Hall–Kier alpha value is -1.62. The number of halogens is 1. The molecule has 0 aromatic heterocycles. The average Bonchev–Trinajstić information content (AvgIpc) is 2.77. The van der Waals surface area contributed by atoms with Crippen LogP contribution in [-0.2, 0) is 0 Å². The van der Waals surface area contributed by atoms with Gasteiger partial charge in [-0.2, -0.15) is 0 Å². The smallest absolute Gasteiger partial charge is 0.337 e. The second-order valence-corrected chi connectivity index (χ2v) is 4.55. The normalized spacial score (nSPS) is 19.2. The van der Waals surface area contributed by atoms with E-state index < -0.39 is 11.8 Å². The molecule has 1 atom stereocenters. The third-order valence-electron chi connectivity index (χ3n) is 3.36. The zero-order valence-electron chi connectivity index (χ0n) is 9.97. The number of aliphatic hydroxyl groups excluding tert-OH is 1. The molecule has 0 radical (unpaired) electrons. The van der Waals surface area contributed by atoms with Crippen LogP contribution in [0, 0.1) is 11.7 Å². The Balaban J connectivity index is 2.26. The number of nitrogens with zero attached hydrogens (tertiary/aromatic N) is 1. The summed E-state index contributed by atoms with van der Waals surface area (Å²) in [4.78, 5) is 12.9. The monoisotopic (exact) mass is 253 g/mol. The van der Waals surface area contributed by atoms with Gasteiger partial charge >= 0.3 is 5.97 Å². The number of rotatable bonds is 4. The molecule has 1 aliphatic heterocycles. The number of carbonyl (C=O) groups is 1. The molecular formula is C13H16FNO3. The van der Waals surface area contributed by atoms with Crippen molar-refractivity contribution in [2.24, 2.45) is 5.92 Å². The highest BCUT2D eigenvalue weighted by molar-refractivity contribution is 5.94. The number of anilines is 1. The number of hydrogen-bond donors (Lipinski definition) is 2. The highest BCUT2D eigenvalue weighted by Gasteiger charge is 2.27. The third-order valence-corrected chi connectivity index (χ3v) is 3.36. The molecule has 0 amide bonds. The maximum absolute atomic E-state index is 13.8. The maximum Gasteiger partial charge on any atom is 0.337 e. The van der Waals surface area contributed by atoms with Crippen LogP contribution in [0.25, 0.3) is 0 Å². The van der Waals surface area contributed by atoms with E-state index in [1.807, 2.05) is 0 Å². The quantitative estimate of drug-likeness (QED) is 0.858. The fraction of sp³-hybridized carbons (Fsp3) is 0.462. The average molecular weight is 253 g/mol. The fourth-order valence-corrected chi connectivity index (χ4v) is 2.46. The van der Waals surface area contributed by atoms with E-state index in [1.54, 1.807) is 4.90 Å². The van der Waals surface area contributed by atoms with Crippen LogP contribution >= 0.6 is 0 Å². The molecule has 1 unspecified atom stereocenters. The lowest BCUT2D eigenvalue weighted by Gasteiger charge is -2.21. The first-order valence-electron chi connectivity index (χ1n) is 6.01. The number of aliphatic hydroxyl groups is 1. The standard InChI is InChI=1S/C13H16FNO3/c14-11-3-1-2-10(13(17)18)12(11)15-6-4-9(8-15)5-7-16/h1-3,9,16H,4-8H2,(H,17,18). The summed E-state index contributed by atoms with van der Waals surface area (Å²) in [5, 5.41) is 18.0. The lowest BCUT2D eigenvalue weighted by atomic mass is 10.1. The van der Waals surface area contributed by atoms with Crippen molar-refractivity contribution >= 4 is 11.7 Å². The van der Waals surface area contributed by atoms with Crippen LogP contribution in [0.2, 0.25) is 0 Å². The number of carboxylic acid groups (broad SMARTS) is 1. The number of carboxylic acids is 1. The van der Waals surface area contributed by atoms with Crippen molar-refractivity contribution in [3.05, 3.63) is 29.6 Å². The predicted octanol–water partition coefficient (Wildman–Crippen LogP) is 1.73. The van der Waals surface area contributed by atoms with Gasteiger partial charge in [0.1, 0.15) is 5.82 Å². The van der Waals surface area contributed by atoms with Crippen molar-refractivity contribution in [2.45, 2.75) is 12.8 Å². The highest BCUT2D eigenvalue weighted by atomic mass is 19.1. The van der Waals surface area contributed by atoms with E-state index in [0.29, 0.717) is 25.4 Å². The van der Waals surface area contributed by atoms with Crippen LogP contribution in [0.1, 0.15) is 23.2 Å². The lowest BCUT2D eigenvalue weighted by molar-refractivity contribution is 0.0697. The molecule has 0 spiro atoms. The molecule has 98 valence electrons. The molecular weight excluding hydrogens is 237 g/mol. The number of aromatic carboxylic acids is 1. The van der Waals surface area contributed by atoms with Gasteiger partial charge in [-0.05, 0) is 30.9 Å². The van der Waals surface area contributed by atoms with E-state index in [0.717, 1.165) is 6.42 Å². The van der Waals surface area contributed by atoms with Gasteiger partial charge in [-0.25, -0.2) is 9.18 Å². The minimum atomic E-state index is -1.12. The van der Waals surface area contributed by atoms with Crippen molar-refractivity contribution in [1.82, 2.24) is 0 Å². The van der Waals surface area contributed by atoms with Crippen molar-refractivity contribution in [3.63, 3.8) is 0 Å². The summed E-state index contributed by atoms with van der Waals surface area (Å²) >= 11 is 0. The summed E-state index contributed by atoms with van der Waals surface area (Å²) in [6, 6.07) is 4.10. The van der Waals surface area contributed by atoms with E-state index in [4.69, 9.17) is 10.2 Å². The second kappa shape index (κ2) is 5.35. The first kappa shape index (κ1) is 12.8. The minimum absolute atomic E-state index is 0.000325. The largest absolute Gasteiger partial charge is 0.478 e. The Bertz CT molecular complexity index is 450. The van der Waals surface area contributed by atoms with Gasteiger partial charge in [0.2, 0.25) is 0 Å². The Kier molecular flexibility index (Phi) is 3.81. The Morgan fingerprint density at radius 3 is 2.94 bits per heavy atom. The van der Waals surface area contributed by atoms with Crippen molar-refractivity contribution in [3.8, 4) is 0 Å². The van der Waals surface area contributed by atoms with E-state index >= 15 is 0 Å². The van der Waals surface area contributed by atoms with Crippen molar-refractivity contribution in [2.75, 3.05) is 24.6 Å². The molecule has 18 heavy (non-hydrogen) atoms. The maximum atomic E-state index is 13.8. The van der Waals surface area contributed by atoms with Crippen LogP contribution in [0.5, 0.6) is 0 Å². The lowest BCUT2D eigenvalue weighted by Crippen LogP contribution is -2.23. The number of para-hydroxylation sites is 1. The Morgan fingerprint density at radius 2 is 2.28 bits per heavy atom. The fourth-order valence-electron chi connectivity index (χ4n) is 2.46. The number of hydrogen-bond acceptors (Lipinski definition) is 3. The second-order valence-electron chi connectivity index (χ2n) is 4.55. The summed E-state index contributed by atoms with van der Waals surface area (Å²) in [7, 11) is 0. The zero-order chi connectivity index (χ0) is 13.1. The first-order valence-corrected chi connectivity index (χ1v) is 6.01. The summed E-state index contributed by atoms with van der Waals surface area (Å²) in [6.07, 6.45) is 1.53. The molecule has 1 fully saturated rings. The van der Waals surface area contributed by atoms with Gasteiger partial charge in [-0.3, -0.25) is 0 Å². The van der Waals surface area contributed by atoms with Crippen LogP contribution in [0.3, 0.4) is 0 Å². The summed E-state index contributed by atoms with van der Waals surface area (Å²) < 4.78 is 13.8. The van der Waals surface area contributed by atoms with Crippen LogP contribution in [-0.4, -0.2) is 35.9 Å². The zero-order valence-corrected chi connectivity index (χ0v) is 9.97. The highest BCUT2D eigenvalue weighted by Crippen LogP contribution is 2.30. The molecule has 2 rings (SSSR count). The number of benzene rings is 1. The third kappa shape index (κ3) is 2.46. The van der Waals surface area contributed by atoms with E-state index in [9.17, 15) is 9.18 Å². The van der Waals surface area contributed by atoms with Crippen molar-refractivity contribution < 1.29 is 19.4 Å². The van der Waals surface area contributed by atoms with Gasteiger partial charge in [0.25, 0.3) is 0 Å². The Labute approximate surface area is 105 Å². The van der Waals surface area contributed by atoms with Gasteiger partial charge in [0, 0.05) is 19.7 Å². The van der Waals surface area contributed by atoms with Gasteiger partial charge in [-0.1, -0.05) is 6.07 Å². The molecule has 1 heterocycles. The molecule has 0 saturated carbocycles. The minimum Gasteiger partial charge on any atom is -0.478 e. The summed E-state index contributed by atoms with van der Waals surface area (Å²) in [5.41, 5.74) is 0.171. The van der Waals surface area contributed by atoms with Gasteiger partial charge in [0.05, 0.1) is 11.3 Å². The molecule has 1 aromatic rings. The summed E-state index contributed by atoms with van der Waals surface area (Å²) in [6.45, 7) is 1.34. The molecule has 1 saturated heterocycles. The Morgan fingerprint density at radius 1 is 1.50 bits per heavy atom. The van der Waals surface area contributed by atoms with Crippen LogP contribution in [0.4, 0.5) is 10.1 Å². The van der Waals surface area contributed by atoms with E-state index in [1.165, 1.54) is 18.2 Å². The predicted molar refractivity (Wildman–Crippen MR) is 65.4 cm³/mol. The molecule has 1 aliphatic rings. The summed E-state index contributed by atoms with van der Waals surface area (Å²) in [5.74, 6) is -1.31. The molecule has 1 aromatic carbocycles. The molecule has 2 N–H and O–H groups in total. The van der Waals surface area contributed by atoms with Crippen LogP contribution < -0.4 is 4.90 Å². The van der Waals surface area contributed by atoms with Crippen molar-refractivity contribution in [1.29, 1.82) is 0 Å². The van der Waals surface area contributed by atoms with E-state index in [2.05, 4.69) is 0 Å². The first-order chi connectivity index (χ1) is 8.63. The molecule has 4 nitrogen and oxygen atoms in total. The molecule has 5 heteroatoms. The van der Waals surface area contributed by atoms with E-state index in [-0.39, 0.29) is 17.9 Å². The molecule has 0 bridgehead atoms. The van der Waals surface area contributed by atoms with Crippen LogP contribution in [0.15, 0.2) is 18.2 Å². The van der Waals surface area contributed by atoms with Gasteiger partial charge in [-0.15, -0.1) is 0 Å². The molecule has 0 aliphatic carbocycles. The van der Waals surface area contributed by atoms with Gasteiger partial charge < -0.3 is 15.1 Å². The van der Waals surface area contributed by atoms with Gasteiger partial charge in [0.15, 0.2) is 0 Å².